The van der Waals surface area contributed by atoms with Gasteiger partial charge < -0.3 is 10.1 Å². The number of nitrogens with one attached hydrogen (secondary N) is 1. The van der Waals surface area contributed by atoms with Gasteiger partial charge in [-0.25, -0.2) is 19.7 Å². The van der Waals surface area contributed by atoms with Crippen molar-refractivity contribution in [2.24, 2.45) is 0 Å². The fourth-order valence-electron chi connectivity index (χ4n) is 3.31. The van der Waals surface area contributed by atoms with Gasteiger partial charge in [0.2, 0.25) is 5.95 Å². The third-order valence-electron chi connectivity index (χ3n) is 5.01. The van der Waals surface area contributed by atoms with Crippen LogP contribution in [0.2, 0.25) is 0 Å². The number of hydrogen-bond donors (Lipinski definition) is 1. The third-order valence-corrected chi connectivity index (χ3v) is 6.12. The minimum atomic E-state index is -4.62. The number of ether oxygens (including phenoxy) is 1. The Morgan fingerprint density at radius 1 is 1.00 bits per heavy atom. The van der Waals surface area contributed by atoms with Crippen LogP contribution in [0.4, 0.5) is 33.6 Å². The van der Waals surface area contributed by atoms with Gasteiger partial charge in [0.1, 0.15) is 5.69 Å². The van der Waals surface area contributed by atoms with E-state index in [1.165, 1.54) is 25.4 Å². The molecular formula is C24H17F5N4O2S. The molecule has 6 nitrogen and oxygen atoms in total. The summed E-state index contributed by atoms with van der Waals surface area (Å²) in [5, 5.41) is 2.27. The predicted molar refractivity (Wildman–Crippen MR) is 123 cm³/mol. The molecule has 0 bridgehead atoms. The van der Waals surface area contributed by atoms with Crippen LogP contribution < -0.4 is 5.32 Å². The third kappa shape index (κ3) is 5.33. The number of halogens is 5. The van der Waals surface area contributed by atoms with E-state index in [2.05, 4.69) is 25.0 Å². The number of anilines is 2. The monoisotopic (exact) mass is 520 g/mol. The molecule has 0 unspecified atom stereocenters. The SMILES string of the molecule is COC(=O)c1ccc(C(F)(F)c2ncc(-c3cc(C)cc(Nc4nccc(C(F)(F)F)n4)c3)s2)cc1. The van der Waals surface area contributed by atoms with E-state index < -0.39 is 28.8 Å². The molecule has 0 amide bonds. The first-order chi connectivity index (χ1) is 17.0. The molecule has 0 atom stereocenters. The molecule has 36 heavy (non-hydrogen) atoms. The number of benzene rings is 2. The Hall–Kier alpha value is -3.93. The molecule has 186 valence electrons. The van der Waals surface area contributed by atoms with Crippen molar-refractivity contribution in [1.29, 1.82) is 0 Å². The zero-order valence-electron chi connectivity index (χ0n) is 18.7. The van der Waals surface area contributed by atoms with Crippen molar-refractivity contribution in [3.8, 4) is 10.4 Å². The highest BCUT2D eigenvalue weighted by molar-refractivity contribution is 7.15. The van der Waals surface area contributed by atoms with Gasteiger partial charge in [0, 0.05) is 23.6 Å². The first-order valence-electron chi connectivity index (χ1n) is 10.3. The highest BCUT2D eigenvalue weighted by Crippen LogP contribution is 2.41. The van der Waals surface area contributed by atoms with Crippen LogP contribution in [0, 0.1) is 6.92 Å². The molecule has 0 saturated carbocycles. The first kappa shape index (κ1) is 25.2. The van der Waals surface area contributed by atoms with E-state index in [1.807, 2.05) is 0 Å². The van der Waals surface area contributed by atoms with Crippen molar-refractivity contribution in [2.75, 3.05) is 12.4 Å². The van der Waals surface area contributed by atoms with E-state index in [0.717, 1.165) is 41.3 Å². The van der Waals surface area contributed by atoms with Gasteiger partial charge in [0.05, 0.1) is 17.6 Å². The topological polar surface area (TPSA) is 77.0 Å². The quantitative estimate of drug-likeness (QED) is 0.228. The van der Waals surface area contributed by atoms with Crippen LogP contribution >= 0.6 is 11.3 Å². The van der Waals surface area contributed by atoms with Crippen LogP contribution in [0.3, 0.4) is 0 Å². The van der Waals surface area contributed by atoms with Gasteiger partial charge in [-0.15, -0.1) is 11.3 Å². The van der Waals surface area contributed by atoms with Crippen LogP contribution in [-0.4, -0.2) is 28.0 Å². The number of methoxy groups -OCH3 is 1. The smallest absolute Gasteiger partial charge is 0.433 e. The maximum absolute atomic E-state index is 15.1. The lowest BCUT2D eigenvalue weighted by Gasteiger charge is -2.14. The Bertz CT molecular complexity index is 1400. The fourth-order valence-corrected chi connectivity index (χ4v) is 4.21. The number of carbonyl (C=O) groups is 1. The van der Waals surface area contributed by atoms with Crippen molar-refractivity contribution < 1.29 is 31.5 Å². The van der Waals surface area contributed by atoms with E-state index >= 15 is 8.78 Å². The number of rotatable bonds is 6. The predicted octanol–water partition coefficient (Wildman–Crippen LogP) is 6.60. The largest absolute Gasteiger partial charge is 0.465 e. The van der Waals surface area contributed by atoms with Gasteiger partial charge in [-0.1, -0.05) is 18.2 Å². The highest BCUT2D eigenvalue weighted by atomic mass is 32.1. The fraction of sp³-hybridized carbons (Fsp3) is 0.167. The molecule has 0 aliphatic heterocycles. The summed E-state index contributed by atoms with van der Waals surface area (Å²) in [5.74, 6) is -4.32. The maximum atomic E-state index is 15.1. The van der Waals surface area contributed by atoms with Gasteiger partial charge >= 0.3 is 18.1 Å². The van der Waals surface area contributed by atoms with Crippen LogP contribution in [0.5, 0.6) is 0 Å². The first-order valence-corrected chi connectivity index (χ1v) is 11.1. The normalized spacial score (nSPS) is 11.9. The van der Waals surface area contributed by atoms with E-state index in [1.54, 1.807) is 25.1 Å². The molecule has 1 N–H and O–H groups in total. The number of aryl methyl sites for hydroxylation is 1. The summed E-state index contributed by atoms with van der Waals surface area (Å²) in [4.78, 5) is 23.2. The molecule has 0 radical (unpaired) electrons. The van der Waals surface area contributed by atoms with Crippen LogP contribution in [0.15, 0.2) is 60.9 Å². The van der Waals surface area contributed by atoms with Crippen molar-refractivity contribution in [2.45, 2.75) is 19.0 Å². The molecule has 2 aromatic carbocycles. The number of alkyl halides is 5. The van der Waals surface area contributed by atoms with Gasteiger partial charge in [-0.2, -0.15) is 22.0 Å². The summed E-state index contributed by atoms with van der Waals surface area (Å²) in [5.41, 5.74) is 0.337. The Kier molecular flexibility index (Phi) is 6.72. The summed E-state index contributed by atoms with van der Waals surface area (Å²) in [7, 11) is 1.20. The van der Waals surface area contributed by atoms with E-state index in [4.69, 9.17) is 0 Å². The Morgan fingerprint density at radius 2 is 1.72 bits per heavy atom. The van der Waals surface area contributed by atoms with Gasteiger partial charge in [-0.05, 0) is 48.4 Å². The average molecular weight is 520 g/mol. The second-order valence-electron chi connectivity index (χ2n) is 7.65. The summed E-state index contributed by atoms with van der Waals surface area (Å²) < 4.78 is 73.7. The molecule has 0 aliphatic rings. The van der Waals surface area contributed by atoms with Gasteiger partial charge in [-0.3, -0.25) is 0 Å². The second kappa shape index (κ2) is 9.61. The minimum absolute atomic E-state index is 0.140. The number of thiazole rings is 1. The number of carbonyl (C=O) groups excluding carboxylic acids is 1. The summed E-state index contributed by atoms with van der Waals surface area (Å²) in [6, 6.07) is 10.5. The van der Waals surface area contributed by atoms with Crippen LogP contribution in [0.25, 0.3) is 10.4 Å². The lowest BCUT2D eigenvalue weighted by atomic mass is 10.1. The Balaban J connectivity index is 1.60. The van der Waals surface area contributed by atoms with Gasteiger partial charge in [0.15, 0.2) is 5.01 Å². The highest BCUT2D eigenvalue weighted by Gasteiger charge is 2.38. The van der Waals surface area contributed by atoms with E-state index in [-0.39, 0.29) is 17.1 Å². The lowest BCUT2D eigenvalue weighted by molar-refractivity contribution is -0.141. The number of esters is 1. The van der Waals surface area contributed by atoms with Crippen molar-refractivity contribution in [3.63, 3.8) is 0 Å². The number of aromatic nitrogens is 3. The van der Waals surface area contributed by atoms with Crippen LogP contribution in [0.1, 0.15) is 32.2 Å². The minimum Gasteiger partial charge on any atom is -0.465 e. The average Bonchev–Trinajstić information content (AvgIpc) is 3.34. The zero-order valence-corrected chi connectivity index (χ0v) is 19.5. The zero-order chi connectivity index (χ0) is 26.1. The summed E-state index contributed by atoms with van der Waals surface area (Å²) in [6.07, 6.45) is -2.33. The molecule has 0 saturated heterocycles. The van der Waals surface area contributed by atoms with Gasteiger partial charge in [0.25, 0.3) is 0 Å². The number of nitrogens with zero attached hydrogens (tertiary/aromatic N) is 3. The molecule has 0 fully saturated rings. The molecular weight excluding hydrogens is 503 g/mol. The maximum Gasteiger partial charge on any atom is 0.433 e. The van der Waals surface area contributed by atoms with E-state index in [0.29, 0.717) is 16.1 Å². The van der Waals surface area contributed by atoms with E-state index in [9.17, 15) is 18.0 Å². The standard InChI is InChI=1S/C24H17F5N4O2S/c1-13-9-15(11-17(10-13)32-22-30-8-7-19(33-22)24(27,28)29)18-12-31-21(36-18)23(25,26)16-5-3-14(4-6-16)20(34)35-2/h3-12H,1-2H3,(H,30,32,33). The summed E-state index contributed by atoms with van der Waals surface area (Å²) >= 11 is 0.772. The second-order valence-corrected chi connectivity index (χ2v) is 8.68. The summed E-state index contributed by atoms with van der Waals surface area (Å²) in [6.45, 7) is 1.75. The van der Waals surface area contributed by atoms with Crippen molar-refractivity contribution >= 4 is 28.9 Å². The Labute approximate surface area is 205 Å². The molecule has 0 aliphatic carbocycles. The molecule has 2 aromatic heterocycles. The lowest BCUT2D eigenvalue weighted by Crippen LogP contribution is -2.15. The number of hydrogen-bond acceptors (Lipinski definition) is 7. The van der Waals surface area contributed by atoms with Crippen molar-refractivity contribution in [3.05, 3.63) is 88.3 Å². The molecule has 4 aromatic rings. The molecule has 12 heteroatoms. The Morgan fingerprint density at radius 3 is 2.39 bits per heavy atom. The molecule has 0 spiro atoms. The molecule has 4 rings (SSSR count). The van der Waals surface area contributed by atoms with Crippen LogP contribution in [-0.2, 0) is 16.8 Å². The van der Waals surface area contributed by atoms with Crippen molar-refractivity contribution in [1.82, 2.24) is 15.0 Å². The molecule has 2 heterocycles.